The highest BCUT2D eigenvalue weighted by Gasteiger charge is 2.17. The van der Waals surface area contributed by atoms with Crippen molar-refractivity contribution in [1.82, 2.24) is 20.3 Å². The summed E-state index contributed by atoms with van der Waals surface area (Å²) < 4.78 is 0. The summed E-state index contributed by atoms with van der Waals surface area (Å²) in [5.41, 5.74) is 7.41. The smallest absolute Gasteiger partial charge is 0.278 e. The number of rotatable bonds is 3. The van der Waals surface area contributed by atoms with E-state index in [1.807, 2.05) is 6.07 Å². The minimum Gasteiger partial charge on any atom is -0.382 e. The predicted octanol–water partition coefficient (Wildman–Crippen LogP) is 0.506. The quantitative estimate of drug-likeness (QED) is 0.757. The zero-order chi connectivity index (χ0) is 16.1. The van der Waals surface area contributed by atoms with Gasteiger partial charge < -0.3 is 21.3 Å². The average molecular weight is 313 g/mol. The maximum atomic E-state index is 12.4. The fourth-order valence-corrected chi connectivity index (χ4v) is 2.55. The maximum absolute atomic E-state index is 12.4. The Balaban J connectivity index is 1.83. The van der Waals surface area contributed by atoms with E-state index in [4.69, 9.17) is 5.73 Å². The number of hydrogen-bond acceptors (Lipinski definition) is 7. The van der Waals surface area contributed by atoms with Crippen molar-refractivity contribution >= 4 is 23.1 Å². The Bertz CT molecular complexity index is 683. The molecule has 23 heavy (non-hydrogen) atoms. The van der Waals surface area contributed by atoms with E-state index in [1.165, 1.54) is 12.4 Å². The summed E-state index contributed by atoms with van der Waals surface area (Å²) in [4.78, 5) is 26.6. The van der Waals surface area contributed by atoms with Gasteiger partial charge in [0.15, 0.2) is 11.5 Å². The van der Waals surface area contributed by atoms with Gasteiger partial charge in [0.05, 0.1) is 17.6 Å². The van der Waals surface area contributed by atoms with Gasteiger partial charge >= 0.3 is 0 Å². The van der Waals surface area contributed by atoms with Gasteiger partial charge in [-0.05, 0) is 19.0 Å². The number of aromatic nitrogens is 3. The van der Waals surface area contributed by atoms with Crippen LogP contribution in [0.25, 0.3) is 0 Å². The zero-order valence-electron chi connectivity index (χ0n) is 12.7. The molecule has 4 N–H and O–H groups in total. The third kappa shape index (κ3) is 3.54. The van der Waals surface area contributed by atoms with Gasteiger partial charge in [0.25, 0.3) is 5.91 Å². The minimum absolute atomic E-state index is 0.106. The number of amides is 1. The molecule has 2 aromatic rings. The Labute approximate surface area is 134 Å². The van der Waals surface area contributed by atoms with E-state index in [0.717, 1.165) is 38.3 Å². The molecule has 0 atom stereocenters. The molecule has 3 rings (SSSR count). The van der Waals surface area contributed by atoms with Gasteiger partial charge in [-0.25, -0.2) is 9.97 Å². The van der Waals surface area contributed by atoms with E-state index in [2.05, 4.69) is 30.5 Å². The molecule has 1 fully saturated rings. The van der Waals surface area contributed by atoms with Gasteiger partial charge in [-0.2, -0.15) is 0 Å². The molecule has 8 nitrogen and oxygen atoms in total. The summed E-state index contributed by atoms with van der Waals surface area (Å²) in [5.74, 6) is -0.285. The Kier molecular flexibility index (Phi) is 4.62. The summed E-state index contributed by atoms with van der Waals surface area (Å²) in [6, 6.07) is 1.90. The molecule has 0 aliphatic carbocycles. The van der Waals surface area contributed by atoms with Crippen LogP contribution in [0.2, 0.25) is 0 Å². The van der Waals surface area contributed by atoms with Crippen LogP contribution in [0, 0.1) is 0 Å². The van der Waals surface area contributed by atoms with Crippen molar-refractivity contribution in [3.05, 3.63) is 36.5 Å². The van der Waals surface area contributed by atoms with Gasteiger partial charge in [-0.15, -0.1) is 0 Å². The van der Waals surface area contributed by atoms with E-state index >= 15 is 0 Å². The number of carbonyl (C=O) groups excluding carboxylic acids is 1. The van der Waals surface area contributed by atoms with Crippen LogP contribution < -0.4 is 21.3 Å². The lowest BCUT2D eigenvalue weighted by atomic mass is 10.2. The van der Waals surface area contributed by atoms with Crippen LogP contribution >= 0.6 is 0 Å². The Morgan fingerprint density at radius 1 is 1.22 bits per heavy atom. The van der Waals surface area contributed by atoms with Gasteiger partial charge in [-0.1, -0.05) is 0 Å². The second-order valence-electron chi connectivity index (χ2n) is 5.23. The largest absolute Gasteiger partial charge is 0.382 e. The van der Waals surface area contributed by atoms with Crippen molar-refractivity contribution in [2.24, 2.45) is 0 Å². The molecule has 3 heterocycles. The lowest BCUT2D eigenvalue weighted by molar-refractivity contribution is 0.102. The van der Waals surface area contributed by atoms with Gasteiger partial charge in [0, 0.05) is 38.2 Å². The SMILES string of the molecule is Nc1nccnc1C(=O)Nc1cnccc1N1CCCNCC1. The number of carbonyl (C=O) groups is 1. The first-order valence-electron chi connectivity index (χ1n) is 7.53. The number of pyridine rings is 1. The molecular weight excluding hydrogens is 294 g/mol. The molecule has 0 radical (unpaired) electrons. The third-order valence-corrected chi connectivity index (χ3v) is 3.67. The number of nitrogens with one attached hydrogen (secondary N) is 2. The zero-order valence-corrected chi connectivity index (χ0v) is 12.7. The molecule has 1 aliphatic heterocycles. The van der Waals surface area contributed by atoms with Crippen molar-refractivity contribution in [3.63, 3.8) is 0 Å². The molecule has 1 aliphatic rings. The number of nitrogen functional groups attached to an aromatic ring is 1. The van der Waals surface area contributed by atoms with Crippen LogP contribution in [0.1, 0.15) is 16.9 Å². The molecule has 2 aromatic heterocycles. The standard InChI is InChI=1S/C15H19N7O/c16-14-13(19-5-6-20-14)15(23)21-11-10-18-4-2-12(11)22-8-1-3-17-7-9-22/h2,4-6,10,17H,1,3,7-9H2,(H2,16,20)(H,21,23). The molecule has 0 aromatic carbocycles. The molecule has 1 saturated heterocycles. The molecule has 8 heteroatoms. The number of hydrogen-bond donors (Lipinski definition) is 3. The van der Waals surface area contributed by atoms with E-state index in [9.17, 15) is 4.79 Å². The van der Waals surface area contributed by atoms with Crippen LogP contribution in [-0.2, 0) is 0 Å². The number of nitrogens with zero attached hydrogens (tertiary/aromatic N) is 4. The fourth-order valence-electron chi connectivity index (χ4n) is 2.55. The van der Waals surface area contributed by atoms with Crippen molar-refractivity contribution in [3.8, 4) is 0 Å². The van der Waals surface area contributed by atoms with Crippen LogP contribution in [0.3, 0.4) is 0 Å². The minimum atomic E-state index is -0.391. The van der Waals surface area contributed by atoms with Crippen LogP contribution in [-0.4, -0.2) is 47.0 Å². The van der Waals surface area contributed by atoms with Gasteiger partial charge in [0.1, 0.15) is 0 Å². The van der Waals surface area contributed by atoms with Crippen LogP contribution in [0.15, 0.2) is 30.9 Å². The lowest BCUT2D eigenvalue weighted by Crippen LogP contribution is -2.29. The van der Waals surface area contributed by atoms with Crippen molar-refractivity contribution in [2.45, 2.75) is 6.42 Å². The van der Waals surface area contributed by atoms with Crippen LogP contribution in [0.4, 0.5) is 17.2 Å². The molecule has 0 saturated carbocycles. The first-order valence-corrected chi connectivity index (χ1v) is 7.53. The van der Waals surface area contributed by atoms with E-state index in [-0.39, 0.29) is 11.5 Å². The molecule has 0 unspecified atom stereocenters. The average Bonchev–Trinajstić information content (AvgIpc) is 2.85. The van der Waals surface area contributed by atoms with Crippen molar-refractivity contribution in [2.75, 3.05) is 42.1 Å². The summed E-state index contributed by atoms with van der Waals surface area (Å²) >= 11 is 0. The molecule has 1 amide bonds. The molecule has 0 bridgehead atoms. The van der Waals surface area contributed by atoms with Gasteiger partial charge in [0.2, 0.25) is 0 Å². The highest BCUT2D eigenvalue weighted by Crippen LogP contribution is 2.25. The summed E-state index contributed by atoms with van der Waals surface area (Å²) in [7, 11) is 0. The molecule has 120 valence electrons. The van der Waals surface area contributed by atoms with Crippen LogP contribution in [0.5, 0.6) is 0 Å². The second kappa shape index (κ2) is 7.01. The second-order valence-corrected chi connectivity index (χ2v) is 5.23. The Hall–Kier alpha value is -2.74. The maximum Gasteiger partial charge on any atom is 0.278 e. The van der Waals surface area contributed by atoms with E-state index in [0.29, 0.717) is 5.69 Å². The topological polar surface area (TPSA) is 109 Å². The van der Waals surface area contributed by atoms with E-state index < -0.39 is 5.91 Å². The Morgan fingerprint density at radius 2 is 2.09 bits per heavy atom. The number of anilines is 3. The van der Waals surface area contributed by atoms with Crippen molar-refractivity contribution < 1.29 is 4.79 Å². The van der Waals surface area contributed by atoms with E-state index in [1.54, 1.807) is 12.4 Å². The monoisotopic (exact) mass is 313 g/mol. The fraction of sp³-hybridized carbons (Fsp3) is 0.333. The molecular formula is C15H19N7O. The third-order valence-electron chi connectivity index (χ3n) is 3.67. The summed E-state index contributed by atoms with van der Waals surface area (Å²) in [5, 5.41) is 6.20. The van der Waals surface area contributed by atoms with Crippen molar-refractivity contribution in [1.29, 1.82) is 0 Å². The predicted molar refractivity (Wildman–Crippen MR) is 88.3 cm³/mol. The number of nitrogens with two attached hydrogens (primary N) is 1. The molecule has 0 spiro atoms. The summed E-state index contributed by atoms with van der Waals surface area (Å²) in [6.07, 6.45) is 7.30. The normalized spacial score (nSPS) is 15.0. The lowest BCUT2D eigenvalue weighted by Gasteiger charge is -2.24. The highest BCUT2D eigenvalue weighted by molar-refractivity contribution is 6.07. The van der Waals surface area contributed by atoms with Gasteiger partial charge in [-0.3, -0.25) is 9.78 Å². The first-order chi connectivity index (χ1) is 11.3. The summed E-state index contributed by atoms with van der Waals surface area (Å²) in [6.45, 7) is 3.71. The first kappa shape index (κ1) is 15.2. The Morgan fingerprint density at radius 3 is 2.96 bits per heavy atom. The highest BCUT2D eigenvalue weighted by atomic mass is 16.1.